The number of rotatable bonds is 5. The van der Waals surface area contributed by atoms with Crippen molar-refractivity contribution < 1.29 is 13.6 Å². The van der Waals surface area contributed by atoms with Gasteiger partial charge in [0.15, 0.2) is 0 Å². The number of carbonyl (C=O) groups is 1. The first-order chi connectivity index (χ1) is 12.5. The molecule has 4 nitrogen and oxygen atoms in total. The molecule has 1 amide bonds. The highest BCUT2D eigenvalue weighted by Crippen LogP contribution is 2.16. The SMILES string of the molecule is Cc1nccn1-c1ccc(CNC(=O)/C=C/c2ccccc2F)cc1F. The highest BCUT2D eigenvalue weighted by Gasteiger charge is 2.08. The maximum absolute atomic E-state index is 14.3. The predicted molar refractivity (Wildman–Crippen MR) is 95.5 cm³/mol. The molecule has 0 aliphatic heterocycles. The molecule has 0 aliphatic rings. The molecule has 1 heterocycles. The van der Waals surface area contributed by atoms with Crippen LogP contribution in [0.1, 0.15) is 17.0 Å². The molecule has 6 heteroatoms. The number of halogens is 2. The lowest BCUT2D eigenvalue weighted by atomic mass is 10.2. The van der Waals surface area contributed by atoms with Gasteiger partial charge < -0.3 is 9.88 Å². The second-order valence-corrected chi connectivity index (χ2v) is 5.70. The third kappa shape index (κ3) is 4.03. The van der Waals surface area contributed by atoms with Crippen molar-refractivity contribution in [2.75, 3.05) is 0 Å². The summed E-state index contributed by atoms with van der Waals surface area (Å²) < 4.78 is 29.4. The molecule has 0 radical (unpaired) electrons. The van der Waals surface area contributed by atoms with Crippen LogP contribution in [0.15, 0.2) is 60.9 Å². The Kier molecular flexibility index (Phi) is 5.22. The molecular formula is C20H17F2N3O. The highest BCUT2D eigenvalue weighted by atomic mass is 19.1. The number of aryl methyl sites for hydroxylation is 1. The molecular weight excluding hydrogens is 336 g/mol. The molecule has 0 aliphatic carbocycles. The third-order valence-corrected chi connectivity index (χ3v) is 3.88. The summed E-state index contributed by atoms with van der Waals surface area (Å²) in [5.74, 6) is -0.504. The first kappa shape index (κ1) is 17.5. The van der Waals surface area contributed by atoms with Crippen LogP contribution in [0.3, 0.4) is 0 Å². The van der Waals surface area contributed by atoms with E-state index in [4.69, 9.17) is 0 Å². The summed E-state index contributed by atoms with van der Waals surface area (Å²) in [4.78, 5) is 15.9. The van der Waals surface area contributed by atoms with Gasteiger partial charge in [0, 0.05) is 30.6 Å². The molecule has 0 saturated carbocycles. The molecule has 0 saturated heterocycles. The Bertz CT molecular complexity index is 963. The number of hydrogen-bond acceptors (Lipinski definition) is 2. The van der Waals surface area contributed by atoms with Crippen LogP contribution in [-0.2, 0) is 11.3 Å². The van der Waals surface area contributed by atoms with Gasteiger partial charge in [-0.15, -0.1) is 0 Å². The normalized spacial score (nSPS) is 11.0. The Balaban J connectivity index is 1.63. The smallest absolute Gasteiger partial charge is 0.244 e. The van der Waals surface area contributed by atoms with E-state index in [2.05, 4.69) is 10.3 Å². The molecule has 0 atom stereocenters. The molecule has 1 aromatic heterocycles. The van der Waals surface area contributed by atoms with E-state index in [0.29, 0.717) is 22.6 Å². The Hall–Kier alpha value is -3.28. The standard InChI is InChI=1S/C20H17F2N3O/c1-14-23-10-11-25(14)19-8-6-15(12-18(19)22)13-24-20(26)9-7-16-4-2-3-5-17(16)21/h2-12H,13H2,1H3,(H,24,26)/b9-7+. The Labute approximate surface area is 149 Å². The summed E-state index contributed by atoms with van der Waals surface area (Å²) in [6.07, 6.45) is 5.93. The van der Waals surface area contributed by atoms with Gasteiger partial charge in [-0.25, -0.2) is 13.8 Å². The first-order valence-electron chi connectivity index (χ1n) is 8.04. The van der Waals surface area contributed by atoms with Crippen LogP contribution in [0.25, 0.3) is 11.8 Å². The number of carbonyl (C=O) groups excluding carboxylic acids is 1. The molecule has 3 aromatic rings. The zero-order valence-electron chi connectivity index (χ0n) is 14.1. The van der Waals surface area contributed by atoms with Crippen LogP contribution >= 0.6 is 0 Å². The van der Waals surface area contributed by atoms with Crippen molar-refractivity contribution in [2.24, 2.45) is 0 Å². The Morgan fingerprint density at radius 1 is 1.19 bits per heavy atom. The van der Waals surface area contributed by atoms with E-state index < -0.39 is 11.6 Å². The van der Waals surface area contributed by atoms with Crippen molar-refractivity contribution in [3.63, 3.8) is 0 Å². The number of nitrogens with zero attached hydrogens (tertiary/aromatic N) is 2. The molecule has 0 bridgehead atoms. The van der Waals surface area contributed by atoms with Gasteiger partial charge in [-0.2, -0.15) is 0 Å². The topological polar surface area (TPSA) is 46.9 Å². The molecule has 2 aromatic carbocycles. The minimum Gasteiger partial charge on any atom is -0.348 e. The van der Waals surface area contributed by atoms with Crippen molar-refractivity contribution in [3.8, 4) is 5.69 Å². The van der Waals surface area contributed by atoms with Crippen LogP contribution in [0.5, 0.6) is 0 Å². The second kappa shape index (κ2) is 7.74. The lowest BCUT2D eigenvalue weighted by Crippen LogP contribution is -2.20. The van der Waals surface area contributed by atoms with E-state index in [-0.39, 0.29) is 12.5 Å². The van der Waals surface area contributed by atoms with Crippen molar-refractivity contribution in [2.45, 2.75) is 13.5 Å². The second-order valence-electron chi connectivity index (χ2n) is 5.70. The average Bonchev–Trinajstić information content (AvgIpc) is 3.05. The van der Waals surface area contributed by atoms with Crippen LogP contribution in [0.2, 0.25) is 0 Å². The third-order valence-electron chi connectivity index (χ3n) is 3.88. The summed E-state index contributed by atoms with van der Waals surface area (Å²) in [6, 6.07) is 10.9. The Morgan fingerprint density at radius 2 is 2.00 bits per heavy atom. The van der Waals surface area contributed by atoms with Gasteiger partial charge >= 0.3 is 0 Å². The van der Waals surface area contributed by atoms with Gasteiger partial charge in [-0.1, -0.05) is 24.3 Å². The largest absolute Gasteiger partial charge is 0.348 e. The summed E-state index contributed by atoms with van der Waals surface area (Å²) >= 11 is 0. The average molecular weight is 353 g/mol. The summed E-state index contributed by atoms with van der Waals surface area (Å²) in [5, 5.41) is 2.65. The van der Waals surface area contributed by atoms with E-state index in [1.165, 1.54) is 24.3 Å². The first-order valence-corrected chi connectivity index (χ1v) is 8.04. The van der Waals surface area contributed by atoms with Crippen molar-refractivity contribution in [3.05, 3.63) is 89.5 Å². The van der Waals surface area contributed by atoms with Crippen LogP contribution in [0, 0.1) is 18.6 Å². The monoisotopic (exact) mass is 353 g/mol. The molecule has 0 spiro atoms. The minimum absolute atomic E-state index is 0.167. The number of imidazole rings is 1. The molecule has 0 fully saturated rings. The lowest BCUT2D eigenvalue weighted by molar-refractivity contribution is -0.116. The molecule has 0 unspecified atom stereocenters. The number of amides is 1. The highest BCUT2D eigenvalue weighted by molar-refractivity contribution is 5.91. The van der Waals surface area contributed by atoms with E-state index in [1.807, 2.05) is 0 Å². The fourth-order valence-corrected chi connectivity index (χ4v) is 2.51. The predicted octanol–water partition coefficient (Wildman–Crippen LogP) is 3.79. The van der Waals surface area contributed by atoms with Crippen LogP contribution in [0.4, 0.5) is 8.78 Å². The van der Waals surface area contributed by atoms with Gasteiger partial charge in [-0.3, -0.25) is 4.79 Å². The van der Waals surface area contributed by atoms with Gasteiger partial charge in [0.25, 0.3) is 0 Å². The van der Waals surface area contributed by atoms with Crippen LogP contribution in [-0.4, -0.2) is 15.5 Å². The maximum atomic E-state index is 14.3. The van der Waals surface area contributed by atoms with E-state index in [1.54, 1.807) is 54.2 Å². The van der Waals surface area contributed by atoms with E-state index >= 15 is 0 Å². The number of nitrogens with one attached hydrogen (secondary N) is 1. The van der Waals surface area contributed by atoms with Gasteiger partial charge in [0.1, 0.15) is 17.5 Å². The molecule has 26 heavy (non-hydrogen) atoms. The molecule has 1 N–H and O–H groups in total. The van der Waals surface area contributed by atoms with Crippen molar-refractivity contribution in [1.29, 1.82) is 0 Å². The zero-order chi connectivity index (χ0) is 18.5. The van der Waals surface area contributed by atoms with Crippen molar-refractivity contribution >= 4 is 12.0 Å². The fraction of sp³-hybridized carbons (Fsp3) is 0.100. The van der Waals surface area contributed by atoms with Gasteiger partial charge in [0.2, 0.25) is 5.91 Å². The number of benzene rings is 2. The molecule has 132 valence electrons. The lowest BCUT2D eigenvalue weighted by Gasteiger charge is -2.09. The minimum atomic E-state index is -0.403. The van der Waals surface area contributed by atoms with Gasteiger partial charge in [0.05, 0.1) is 5.69 Å². The quantitative estimate of drug-likeness (QED) is 0.710. The Morgan fingerprint density at radius 3 is 2.69 bits per heavy atom. The number of hydrogen-bond donors (Lipinski definition) is 1. The maximum Gasteiger partial charge on any atom is 0.244 e. The fourth-order valence-electron chi connectivity index (χ4n) is 2.51. The van der Waals surface area contributed by atoms with E-state index in [0.717, 1.165) is 0 Å². The van der Waals surface area contributed by atoms with Crippen molar-refractivity contribution in [1.82, 2.24) is 14.9 Å². The van der Waals surface area contributed by atoms with Crippen LogP contribution < -0.4 is 5.32 Å². The zero-order valence-corrected chi connectivity index (χ0v) is 14.1. The summed E-state index contributed by atoms with van der Waals surface area (Å²) in [5.41, 5.74) is 1.35. The van der Waals surface area contributed by atoms with E-state index in [9.17, 15) is 13.6 Å². The number of aromatic nitrogens is 2. The summed E-state index contributed by atoms with van der Waals surface area (Å²) in [7, 11) is 0. The molecule has 3 rings (SSSR count). The summed E-state index contributed by atoms with van der Waals surface area (Å²) in [6.45, 7) is 1.95. The van der Waals surface area contributed by atoms with Gasteiger partial charge in [-0.05, 0) is 36.8 Å².